The van der Waals surface area contributed by atoms with E-state index in [1.165, 1.54) is 4.90 Å². The molecule has 0 spiro atoms. The van der Waals surface area contributed by atoms with E-state index in [2.05, 4.69) is 0 Å². The van der Waals surface area contributed by atoms with Crippen LogP contribution in [0.2, 0.25) is 0 Å². The maximum Gasteiger partial charge on any atom is 0.226 e. The normalized spacial score (nSPS) is 11.4. The number of phenolic OH excluding ortho intramolecular Hbond substituents is 1. The van der Waals surface area contributed by atoms with E-state index in [4.69, 9.17) is 0 Å². The van der Waals surface area contributed by atoms with Crippen LogP contribution in [0, 0.1) is 6.92 Å². The van der Waals surface area contributed by atoms with Crippen LogP contribution < -0.4 is 0 Å². The van der Waals surface area contributed by atoms with Crippen LogP contribution in [0.1, 0.15) is 25.0 Å². The Kier molecular flexibility index (Phi) is 4.35. The minimum atomic E-state index is -0.903. The van der Waals surface area contributed by atoms with Crippen molar-refractivity contribution in [2.75, 3.05) is 13.6 Å². The van der Waals surface area contributed by atoms with Crippen LogP contribution >= 0.6 is 0 Å². The Bertz CT molecular complexity index is 435. The molecule has 18 heavy (non-hydrogen) atoms. The molecule has 0 saturated heterocycles. The van der Waals surface area contributed by atoms with Gasteiger partial charge in [-0.15, -0.1) is 0 Å². The SMILES string of the molecule is Cc1ccc(CC(=O)N(C)CC(C)(C)O)cc1O. The molecule has 0 atom stereocenters. The third-order valence-corrected chi connectivity index (χ3v) is 2.68. The number of likely N-dealkylation sites (N-methyl/N-ethyl adjacent to an activating group) is 1. The number of benzene rings is 1. The number of hydrogen-bond donors (Lipinski definition) is 2. The van der Waals surface area contributed by atoms with Gasteiger partial charge in [-0.3, -0.25) is 4.79 Å². The van der Waals surface area contributed by atoms with E-state index in [1.54, 1.807) is 40.0 Å². The largest absolute Gasteiger partial charge is 0.508 e. The fourth-order valence-corrected chi connectivity index (χ4v) is 1.74. The second-order valence-electron chi connectivity index (χ2n) is 5.36. The van der Waals surface area contributed by atoms with Crippen LogP contribution in [0.25, 0.3) is 0 Å². The van der Waals surface area contributed by atoms with Crippen molar-refractivity contribution < 1.29 is 15.0 Å². The summed E-state index contributed by atoms with van der Waals surface area (Å²) in [7, 11) is 1.66. The topological polar surface area (TPSA) is 60.8 Å². The van der Waals surface area contributed by atoms with E-state index in [0.29, 0.717) is 0 Å². The summed E-state index contributed by atoms with van der Waals surface area (Å²) in [5, 5.41) is 19.2. The summed E-state index contributed by atoms with van der Waals surface area (Å²) in [5.74, 6) is 0.116. The lowest BCUT2D eigenvalue weighted by atomic mass is 10.1. The molecule has 0 aliphatic carbocycles. The zero-order chi connectivity index (χ0) is 13.9. The van der Waals surface area contributed by atoms with Gasteiger partial charge in [-0.1, -0.05) is 12.1 Å². The second kappa shape index (κ2) is 5.40. The number of carbonyl (C=O) groups is 1. The van der Waals surface area contributed by atoms with Crippen molar-refractivity contribution in [3.8, 4) is 5.75 Å². The summed E-state index contributed by atoms with van der Waals surface area (Å²) >= 11 is 0. The number of phenols is 1. The van der Waals surface area contributed by atoms with Crippen LogP contribution in [0.5, 0.6) is 5.75 Å². The quantitative estimate of drug-likeness (QED) is 0.852. The highest BCUT2D eigenvalue weighted by atomic mass is 16.3. The molecule has 0 aromatic heterocycles. The Hall–Kier alpha value is -1.55. The molecule has 0 fully saturated rings. The summed E-state index contributed by atoms with van der Waals surface area (Å²) in [6, 6.07) is 5.21. The molecule has 1 amide bonds. The van der Waals surface area contributed by atoms with Gasteiger partial charge in [0.05, 0.1) is 12.0 Å². The molecule has 1 aromatic rings. The van der Waals surface area contributed by atoms with Gasteiger partial charge < -0.3 is 15.1 Å². The van der Waals surface area contributed by atoms with E-state index < -0.39 is 5.60 Å². The molecule has 4 heteroatoms. The average Bonchev–Trinajstić information content (AvgIpc) is 2.21. The Morgan fingerprint density at radius 3 is 2.50 bits per heavy atom. The highest BCUT2D eigenvalue weighted by Crippen LogP contribution is 2.18. The standard InChI is InChI=1S/C14H21NO3/c1-10-5-6-11(7-12(10)16)8-13(17)15(4)9-14(2,3)18/h5-7,16,18H,8-9H2,1-4H3. The molecular formula is C14H21NO3. The summed E-state index contributed by atoms with van der Waals surface area (Å²) in [4.78, 5) is 13.4. The van der Waals surface area contributed by atoms with Gasteiger partial charge in [0.15, 0.2) is 0 Å². The molecule has 0 saturated carbocycles. The molecule has 1 rings (SSSR count). The van der Waals surface area contributed by atoms with Crippen molar-refractivity contribution >= 4 is 5.91 Å². The summed E-state index contributed by atoms with van der Waals surface area (Å²) < 4.78 is 0. The van der Waals surface area contributed by atoms with Crippen molar-refractivity contribution in [2.45, 2.75) is 32.8 Å². The van der Waals surface area contributed by atoms with Gasteiger partial charge in [0.1, 0.15) is 5.75 Å². The van der Waals surface area contributed by atoms with Crippen LogP contribution in [0.15, 0.2) is 18.2 Å². The van der Waals surface area contributed by atoms with E-state index in [-0.39, 0.29) is 24.6 Å². The summed E-state index contributed by atoms with van der Waals surface area (Å²) in [5.41, 5.74) is 0.654. The van der Waals surface area contributed by atoms with Crippen molar-refractivity contribution in [1.82, 2.24) is 4.90 Å². The maximum atomic E-state index is 11.9. The first-order valence-corrected chi connectivity index (χ1v) is 5.94. The third kappa shape index (κ3) is 4.37. The van der Waals surface area contributed by atoms with Crippen LogP contribution in [-0.2, 0) is 11.2 Å². The van der Waals surface area contributed by atoms with Gasteiger partial charge in [0, 0.05) is 13.6 Å². The van der Waals surface area contributed by atoms with Crippen molar-refractivity contribution in [3.05, 3.63) is 29.3 Å². The van der Waals surface area contributed by atoms with Crippen molar-refractivity contribution in [1.29, 1.82) is 0 Å². The molecule has 100 valence electrons. The first kappa shape index (κ1) is 14.5. The van der Waals surface area contributed by atoms with Gasteiger partial charge >= 0.3 is 0 Å². The van der Waals surface area contributed by atoms with E-state index >= 15 is 0 Å². The Labute approximate surface area is 108 Å². The number of amides is 1. The van der Waals surface area contributed by atoms with E-state index in [1.807, 2.05) is 6.07 Å². The third-order valence-electron chi connectivity index (χ3n) is 2.68. The predicted molar refractivity (Wildman–Crippen MR) is 70.5 cm³/mol. The molecular weight excluding hydrogens is 230 g/mol. The monoisotopic (exact) mass is 251 g/mol. The first-order chi connectivity index (χ1) is 8.19. The number of hydrogen-bond acceptors (Lipinski definition) is 3. The average molecular weight is 251 g/mol. The van der Waals surface area contributed by atoms with E-state index in [9.17, 15) is 15.0 Å². The maximum absolute atomic E-state index is 11.9. The molecule has 0 heterocycles. The Morgan fingerprint density at radius 1 is 1.39 bits per heavy atom. The van der Waals surface area contributed by atoms with Gasteiger partial charge in [-0.05, 0) is 38.0 Å². The molecule has 0 radical (unpaired) electrons. The predicted octanol–water partition coefficient (Wildman–Crippen LogP) is 1.47. The number of carbonyl (C=O) groups excluding carboxylic acids is 1. The van der Waals surface area contributed by atoms with Crippen LogP contribution in [-0.4, -0.2) is 40.2 Å². The van der Waals surface area contributed by atoms with Gasteiger partial charge in [0.2, 0.25) is 5.91 Å². The summed E-state index contributed by atoms with van der Waals surface area (Å²) in [6.07, 6.45) is 0.223. The van der Waals surface area contributed by atoms with Crippen molar-refractivity contribution in [3.63, 3.8) is 0 Å². The molecule has 0 bridgehead atoms. The number of aliphatic hydroxyl groups is 1. The molecule has 0 aliphatic heterocycles. The van der Waals surface area contributed by atoms with Crippen LogP contribution in [0.3, 0.4) is 0 Å². The fraction of sp³-hybridized carbons (Fsp3) is 0.500. The molecule has 1 aromatic carbocycles. The first-order valence-electron chi connectivity index (χ1n) is 5.94. The Morgan fingerprint density at radius 2 is 2.00 bits per heavy atom. The highest BCUT2D eigenvalue weighted by molar-refractivity contribution is 5.78. The van der Waals surface area contributed by atoms with Crippen molar-refractivity contribution in [2.24, 2.45) is 0 Å². The number of rotatable bonds is 4. The molecule has 4 nitrogen and oxygen atoms in total. The van der Waals surface area contributed by atoms with Gasteiger partial charge in [0.25, 0.3) is 0 Å². The lowest BCUT2D eigenvalue weighted by molar-refractivity contribution is -0.131. The minimum Gasteiger partial charge on any atom is -0.508 e. The molecule has 0 aliphatic rings. The lowest BCUT2D eigenvalue weighted by Crippen LogP contribution is -2.40. The number of aromatic hydroxyl groups is 1. The van der Waals surface area contributed by atoms with E-state index in [0.717, 1.165) is 11.1 Å². The number of nitrogens with zero attached hydrogens (tertiary/aromatic N) is 1. The Balaban J connectivity index is 2.67. The van der Waals surface area contributed by atoms with Gasteiger partial charge in [-0.2, -0.15) is 0 Å². The second-order valence-corrected chi connectivity index (χ2v) is 5.36. The van der Waals surface area contributed by atoms with Crippen LogP contribution in [0.4, 0.5) is 0 Å². The fourth-order valence-electron chi connectivity index (χ4n) is 1.74. The lowest BCUT2D eigenvalue weighted by Gasteiger charge is -2.25. The van der Waals surface area contributed by atoms with Gasteiger partial charge in [-0.25, -0.2) is 0 Å². The highest BCUT2D eigenvalue weighted by Gasteiger charge is 2.19. The minimum absolute atomic E-state index is 0.0830. The zero-order valence-electron chi connectivity index (χ0n) is 11.4. The molecule has 0 unspecified atom stereocenters. The number of aryl methyl sites for hydroxylation is 1. The smallest absolute Gasteiger partial charge is 0.226 e. The molecule has 2 N–H and O–H groups in total. The zero-order valence-corrected chi connectivity index (χ0v) is 11.4. The summed E-state index contributed by atoms with van der Waals surface area (Å²) in [6.45, 7) is 5.41.